The molecule has 2 heterocycles. The Morgan fingerprint density at radius 2 is 1.36 bits per heavy atom. The van der Waals surface area contributed by atoms with Crippen LogP contribution in [0.1, 0.15) is 44.9 Å². The summed E-state index contributed by atoms with van der Waals surface area (Å²) in [5, 5.41) is 0. The van der Waals surface area contributed by atoms with E-state index < -0.39 is 0 Å². The Morgan fingerprint density at radius 3 is 2.09 bits per heavy atom. The van der Waals surface area contributed by atoms with E-state index in [0.29, 0.717) is 38.8 Å². The van der Waals surface area contributed by atoms with E-state index in [4.69, 9.17) is 4.74 Å². The fourth-order valence-corrected chi connectivity index (χ4v) is 4.03. The Balaban J connectivity index is 1.56. The molecule has 0 spiro atoms. The number of hydrogen-bond donors (Lipinski definition) is 0. The largest absolute Gasteiger partial charge is 0.378 e. The quantitative estimate of drug-likeness (QED) is 0.779. The number of piperidine rings is 1. The van der Waals surface area contributed by atoms with Gasteiger partial charge in [-0.3, -0.25) is 9.59 Å². The van der Waals surface area contributed by atoms with E-state index in [-0.39, 0.29) is 17.7 Å². The number of likely N-dealkylation sites (tertiary alicyclic amines) is 1. The van der Waals surface area contributed by atoms with Crippen LogP contribution in [-0.2, 0) is 14.3 Å². The van der Waals surface area contributed by atoms with Crippen LogP contribution in [-0.4, -0.2) is 61.0 Å². The first-order valence-electron chi connectivity index (χ1n) is 8.91. The molecule has 2 saturated heterocycles. The van der Waals surface area contributed by atoms with E-state index >= 15 is 0 Å². The molecule has 0 aromatic carbocycles. The van der Waals surface area contributed by atoms with Crippen molar-refractivity contribution in [1.29, 1.82) is 0 Å². The van der Waals surface area contributed by atoms with Gasteiger partial charge in [-0.15, -0.1) is 0 Å². The highest BCUT2D eigenvalue weighted by atomic mass is 16.5. The summed E-state index contributed by atoms with van der Waals surface area (Å²) in [4.78, 5) is 29.2. The molecule has 1 atom stereocenters. The van der Waals surface area contributed by atoms with Gasteiger partial charge < -0.3 is 14.5 Å². The molecule has 0 unspecified atom stereocenters. The van der Waals surface area contributed by atoms with Crippen molar-refractivity contribution in [3.05, 3.63) is 0 Å². The smallest absolute Gasteiger partial charge is 0.227 e. The Hall–Kier alpha value is -1.10. The van der Waals surface area contributed by atoms with Crippen LogP contribution >= 0.6 is 0 Å². The molecule has 3 fully saturated rings. The molecule has 5 heteroatoms. The number of rotatable bonds is 2. The maximum absolute atomic E-state index is 12.7. The van der Waals surface area contributed by atoms with Gasteiger partial charge in [0.1, 0.15) is 0 Å². The van der Waals surface area contributed by atoms with Crippen molar-refractivity contribution < 1.29 is 14.3 Å². The minimum absolute atomic E-state index is 0.000564. The molecule has 3 aliphatic rings. The molecule has 0 aromatic rings. The zero-order valence-corrected chi connectivity index (χ0v) is 13.5. The Kier molecular flexibility index (Phi) is 5.34. The molecular formula is C17H28N2O3. The topological polar surface area (TPSA) is 49.9 Å². The Labute approximate surface area is 133 Å². The summed E-state index contributed by atoms with van der Waals surface area (Å²) >= 11 is 0. The van der Waals surface area contributed by atoms with Crippen LogP contribution in [0.2, 0.25) is 0 Å². The Bertz CT molecular complexity index is 365. The van der Waals surface area contributed by atoms with Crippen LogP contribution in [0, 0.1) is 11.8 Å². The second kappa shape index (κ2) is 7.44. The molecule has 0 aromatic heterocycles. The molecule has 0 radical (unpaired) electrons. The average Bonchev–Trinajstić information content (AvgIpc) is 2.62. The highest BCUT2D eigenvalue weighted by Gasteiger charge is 2.34. The lowest BCUT2D eigenvalue weighted by Gasteiger charge is -2.38. The molecule has 1 saturated carbocycles. The number of amides is 2. The molecule has 2 aliphatic heterocycles. The number of carbonyl (C=O) groups excluding carboxylic acids is 2. The van der Waals surface area contributed by atoms with Crippen molar-refractivity contribution >= 4 is 11.8 Å². The van der Waals surface area contributed by atoms with Gasteiger partial charge in [0.05, 0.1) is 19.1 Å². The van der Waals surface area contributed by atoms with Gasteiger partial charge in [-0.1, -0.05) is 19.3 Å². The molecule has 22 heavy (non-hydrogen) atoms. The van der Waals surface area contributed by atoms with Crippen LogP contribution in [0.4, 0.5) is 0 Å². The minimum atomic E-state index is -0.000564. The van der Waals surface area contributed by atoms with E-state index in [1.807, 2.05) is 9.80 Å². The standard InChI is InChI=1S/C17H28N2O3/c20-16(14-5-2-1-3-6-14)19-8-4-7-15(13-19)17(21)18-9-11-22-12-10-18/h14-15H,1-13H2/t15-/m1/s1. The van der Waals surface area contributed by atoms with E-state index in [0.717, 1.165) is 32.2 Å². The summed E-state index contributed by atoms with van der Waals surface area (Å²) in [5.41, 5.74) is 0. The number of carbonyl (C=O) groups is 2. The van der Waals surface area contributed by atoms with E-state index in [2.05, 4.69) is 0 Å². The van der Waals surface area contributed by atoms with Crippen LogP contribution in [0.5, 0.6) is 0 Å². The first kappa shape index (κ1) is 15.8. The van der Waals surface area contributed by atoms with Gasteiger partial charge >= 0.3 is 0 Å². The van der Waals surface area contributed by atoms with Gasteiger partial charge in [-0.25, -0.2) is 0 Å². The van der Waals surface area contributed by atoms with Gasteiger partial charge in [0.2, 0.25) is 11.8 Å². The molecule has 0 N–H and O–H groups in total. The second-order valence-corrected chi connectivity index (χ2v) is 6.90. The molecule has 5 nitrogen and oxygen atoms in total. The number of morpholine rings is 1. The predicted octanol–water partition coefficient (Wildman–Crippen LogP) is 1.66. The lowest BCUT2D eigenvalue weighted by molar-refractivity contribution is -0.145. The van der Waals surface area contributed by atoms with Gasteiger partial charge in [0.15, 0.2) is 0 Å². The number of ether oxygens (including phenoxy) is 1. The van der Waals surface area contributed by atoms with Crippen molar-refractivity contribution in [1.82, 2.24) is 9.80 Å². The average molecular weight is 308 g/mol. The number of nitrogens with zero attached hydrogens (tertiary/aromatic N) is 2. The second-order valence-electron chi connectivity index (χ2n) is 6.90. The maximum atomic E-state index is 12.7. The molecule has 2 amide bonds. The van der Waals surface area contributed by atoms with Crippen molar-refractivity contribution in [2.24, 2.45) is 11.8 Å². The summed E-state index contributed by atoms with van der Waals surface area (Å²) in [5.74, 6) is 0.744. The number of hydrogen-bond acceptors (Lipinski definition) is 3. The monoisotopic (exact) mass is 308 g/mol. The fraction of sp³-hybridized carbons (Fsp3) is 0.882. The maximum Gasteiger partial charge on any atom is 0.227 e. The first-order chi connectivity index (χ1) is 10.8. The molecule has 1 aliphatic carbocycles. The Morgan fingerprint density at radius 1 is 0.727 bits per heavy atom. The first-order valence-corrected chi connectivity index (χ1v) is 8.91. The third kappa shape index (κ3) is 3.62. The zero-order valence-electron chi connectivity index (χ0n) is 13.5. The van der Waals surface area contributed by atoms with Gasteiger partial charge in [0.25, 0.3) is 0 Å². The van der Waals surface area contributed by atoms with Gasteiger partial charge in [-0.05, 0) is 25.7 Å². The normalized spacial score (nSPS) is 27.7. The summed E-state index contributed by atoms with van der Waals surface area (Å²) in [6.07, 6.45) is 7.58. The van der Waals surface area contributed by atoms with Crippen molar-refractivity contribution in [3.63, 3.8) is 0 Å². The summed E-state index contributed by atoms with van der Waals surface area (Å²) in [6.45, 7) is 4.15. The van der Waals surface area contributed by atoms with E-state index in [9.17, 15) is 9.59 Å². The predicted molar refractivity (Wildman–Crippen MR) is 83.3 cm³/mol. The van der Waals surface area contributed by atoms with E-state index in [1.165, 1.54) is 19.3 Å². The zero-order chi connectivity index (χ0) is 15.4. The third-order valence-electron chi connectivity index (χ3n) is 5.36. The lowest BCUT2D eigenvalue weighted by Crippen LogP contribution is -2.50. The molecule has 0 bridgehead atoms. The highest BCUT2D eigenvalue weighted by Crippen LogP contribution is 2.28. The molecular weight excluding hydrogens is 280 g/mol. The minimum Gasteiger partial charge on any atom is -0.378 e. The van der Waals surface area contributed by atoms with Crippen molar-refractivity contribution in [2.75, 3.05) is 39.4 Å². The molecule has 124 valence electrons. The summed E-state index contributed by atoms with van der Waals surface area (Å²) in [6, 6.07) is 0. The third-order valence-corrected chi connectivity index (χ3v) is 5.36. The van der Waals surface area contributed by atoms with Crippen molar-refractivity contribution in [3.8, 4) is 0 Å². The van der Waals surface area contributed by atoms with Gasteiger partial charge in [0, 0.05) is 32.1 Å². The van der Waals surface area contributed by atoms with Crippen LogP contribution < -0.4 is 0 Å². The summed E-state index contributed by atoms with van der Waals surface area (Å²) in [7, 11) is 0. The molecule has 3 rings (SSSR count). The van der Waals surface area contributed by atoms with E-state index in [1.54, 1.807) is 0 Å². The van der Waals surface area contributed by atoms with Gasteiger partial charge in [-0.2, -0.15) is 0 Å². The van der Waals surface area contributed by atoms with Crippen LogP contribution in [0.15, 0.2) is 0 Å². The van der Waals surface area contributed by atoms with Crippen molar-refractivity contribution in [2.45, 2.75) is 44.9 Å². The van der Waals surface area contributed by atoms with Crippen LogP contribution in [0.3, 0.4) is 0 Å². The lowest BCUT2D eigenvalue weighted by atomic mass is 9.87. The summed E-state index contributed by atoms with van der Waals surface area (Å²) < 4.78 is 5.32. The highest BCUT2D eigenvalue weighted by molar-refractivity contribution is 5.82. The SMILES string of the molecule is O=C(C1CCCCC1)N1CCC[C@@H](C(=O)N2CCOCC2)C1. The fourth-order valence-electron chi connectivity index (χ4n) is 4.03. The van der Waals surface area contributed by atoms with Crippen LogP contribution in [0.25, 0.3) is 0 Å².